The molecule has 1 atom stereocenters. The van der Waals surface area contributed by atoms with Crippen molar-refractivity contribution >= 4 is 38.8 Å². The van der Waals surface area contributed by atoms with Gasteiger partial charge in [0.2, 0.25) is 5.95 Å². The zero-order valence-corrected chi connectivity index (χ0v) is 15.9. The highest BCUT2D eigenvalue weighted by Crippen LogP contribution is 2.30. The summed E-state index contributed by atoms with van der Waals surface area (Å²) < 4.78 is 14.2. The summed E-state index contributed by atoms with van der Waals surface area (Å²) in [4.78, 5) is 27.6. The molecule has 0 saturated carbocycles. The van der Waals surface area contributed by atoms with E-state index in [1.807, 2.05) is 9.80 Å². The minimum atomic E-state index is -0.923. The minimum absolute atomic E-state index is 0.356. The first-order valence-electron chi connectivity index (χ1n) is 8.49. The third-order valence-electron chi connectivity index (χ3n) is 4.77. The van der Waals surface area contributed by atoms with Crippen LogP contribution in [0, 0.1) is 5.82 Å². The quantitative estimate of drug-likeness (QED) is 0.657. The number of hydrogen-bond acceptors (Lipinski definition) is 5. The van der Waals surface area contributed by atoms with Gasteiger partial charge in [-0.25, -0.2) is 14.4 Å². The largest absolute Gasteiger partial charge is 0.480 e. The molecule has 0 radical (unpaired) electrons. The van der Waals surface area contributed by atoms with E-state index in [1.54, 1.807) is 24.7 Å². The van der Waals surface area contributed by atoms with Gasteiger partial charge in [0, 0.05) is 61.2 Å². The van der Waals surface area contributed by atoms with Gasteiger partial charge in [-0.05, 0) is 34.1 Å². The molecule has 2 N–H and O–H groups in total. The number of piperazine rings is 1. The molecule has 1 aliphatic rings. The van der Waals surface area contributed by atoms with E-state index in [1.165, 1.54) is 12.1 Å². The van der Waals surface area contributed by atoms with E-state index >= 15 is 0 Å². The van der Waals surface area contributed by atoms with Gasteiger partial charge in [-0.1, -0.05) is 0 Å². The summed E-state index contributed by atoms with van der Waals surface area (Å²) in [5.74, 6) is -0.647. The number of rotatable bonds is 4. The predicted molar refractivity (Wildman–Crippen MR) is 102 cm³/mol. The molecule has 0 amide bonds. The van der Waals surface area contributed by atoms with E-state index in [0.717, 1.165) is 9.86 Å². The van der Waals surface area contributed by atoms with Gasteiger partial charge >= 0.3 is 5.97 Å². The third-order valence-corrected chi connectivity index (χ3v) is 5.18. The lowest BCUT2D eigenvalue weighted by Gasteiger charge is -2.37. The molecule has 9 heteroatoms. The minimum Gasteiger partial charge on any atom is -0.480 e. The van der Waals surface area contributed by atoms with Crippen molar-refractivity contribution in [3.05, 3.63) is 52.6 Å². The molecule has 4 rings (SSSR count). The van der Waals surface area contributed by atoms with Gasteiger partial charge in [-0.15, -0.1) is 0 Å². The van der Waals surface area contributed by atoms with Crippen molar-refractivity contribution in [3.63, 3.8) is 0 Å². The maximum Gasteiger partial charge on any atom is 0.325 e. The van der Waals surface area contributed by atoms with Crippen LogP contribution in [0.15, 0.2) is 41.3 Å². The van der Waals surface area contributed by atoms with E-state index in [4.69, 9.17) is 0 Å². The second-order valence-electron chi connectivity index (χ2n) is 6.40. The second-order valence-corrected chi connectivity index (χ2v) is 7.31. The number of H-pyrrole nitrogens is 1. The zero-order chi connectivity index (χ0) is 19.0. The number of anilines is 1. The SMILES string of the molecule is O=C(O)[C@H](c1c[nH]c2cc(F)ccc12)N1CCN(c2ncc(Br)cn2)CC1. The molecule has 3 heterocycles. The molecule has 1 fully saturated rings. The van der Waals surface area contributed by atoms with E-state index < -0.39 is 12.0 Å². The van der Waals surface area contributed by atoms with Crippen molar-refractivity contribution in [3.8, 4) is 0 Å². The molecule has 1 saturated heterocycles. The van der Waals surface area contributed by atoms with Crippen molar-refractivity contribution in [2.75, 3.05) is 31.1 Å². The standard InChI is InChI=1S/C18H17BrFN5O2/c19-11-8-22-18(23-9-11)25-5-3-24(4-6-25)16(17(26)27)14-10-21-15-7-12(20)1-2-13(14)15/h1-2,7-10,16,21H,3-6H2,(H,26,27)/t16-/m0/s1. The normalized spacial score (nSPS) is 16.6. The van der Waals surface area contributed by atoms with Crippen LogP contribution in [0.3, 0.4) is 0 Å². The van der Waals surface area contributed by atoms with Gasteiger partial charge in [0.25, 0.3) is 0 Å². The van der Waals surface area contributed by atoms with Crippen LogP contribution in [0.1, 0.15) is 11.6 Å². The number of halogens is 2. The Kier molecular flexibility index (Phi) is 4.79. The molecule has 0 aliphatic carbocycles. The van der Waals surface area contributed by atoms with Crippen molar-refractivity contribution in [2.45, 2.75) is 6.04 Å². The topological polar surface area (TPSA) is 85.4 Å². The van der Waals surface area contributed by atoms with Crippen LogP contribution in [0.4, 0.5) is 10.3 Å². The van der Waals surface area contributed by atoms with Crippen molar-refractivity contribution in [1.29, 1.82) is 0 Å². The number of carbonyl (C=O) groups is 1. The summed E-state index contributed by atoms with van der Waals surface area (Å²) in [7, 11) is 0. The van der Waals surface area contributed by atoms with E-state index in [9.17, 15) is 14.3 Å². The van der Waals surface area contributed by atoms with Gasteiger partial charge in [0.05, 0.1) is 4.47 Å². The Morgan fingerprint density at radius 2 is 1.93 bits per heavy atom. The predicted octanol–water partition coefficient (Wildman–Crippen LogP) is 2.81. The van der Waals surface area contributed by atoms with Crippen LogP contribution in [0.2, 0.25) is 0 Å². The molecule has 0 bridgehead atoms. The lowest BCUT2D eigenvalue weighted by atomic mass is 10.0. The number of fused-ring (bicyclic) bond motifs is 1. The molecular weight excluding hydrogens is 417 g/mol. The monoisotopic (exact) mass is 433 g/mol. The number of aromatic nitrogens is 3. The number of nitrogens with zero attached hydrogens (tertiary/aromatic N) is 4. The molecule has 1 aromatic carbocycles. The molecule has 0 spiro atoms. The van der Waals surface area contributed by atoms with Gasteiger partial charge in [0.1, 0.15) is 11.9 Å². The zero-order valence-electron chi connectivity index (χ0n) is 14.3. The summed E-state index contributed by atoms with van der Waals surface area (Å²) in [6.45, 7) is 2.37. The molecule has 140 valence electrons. The van der Waals surface area contributed by atoms with Gasteiger partial charge in [0.15, 0.2) is 0 Å². The number of nitrogens with one attached hydrogen (secondary N) is 1. The summed E-state index contributed by atoms with van der Waals surface area (Å²) in [6, 6.07) is 3.55. The van der Waals surface area contributed by atoms with Crippen molar-refractivity contribution in [2.24, 2.45) is 0 Å². The Morgan fingerprint density at radius 3 is 2.59 bits per heavy atom. The number of carboxylic acids is 1. The second kappa shape index (κ2) is 7.24. The highest BCUT2D eigenvalue weighted by atomic mass is 79.9. The smallest absolute Gasteiger partial charge is 0.325 e. The lowest BCUT2D eigenvalue weighted by Crippen LogP contribution is -2.49. The molecule has 1 aliphatic heterocycles. The van der Waals surface area contributed by atoms with E-state index in [2.05, 4.69) is 30.9 Å². The molecule has 0 unspecified atom stereocenters. The number of aliphatic carboxylic acids is 1. The van der Waals surface area contributed by atoms with Crippen LogP contribution in [0.25, 0.3) is 10.9 Å². The van der Waals surface area contributed by atoms with Gasteiger partial charge in [-0.2, -0.15) is 0 Å². The lowest BCUT2D eigenvalue weighted by molar-refractivity contribution is -0.143. The maximum absolute atomic E-state index is 13.4. The van der Waals surface area contributed by atoms with Crippen molar-refractivity contribution in [1.82, 2.24) is 19.9 Å². The Bertz CT molecular complexity index is 970. The molecule has 27 heavy (non-hydrogen) atoms. The van der Waals surface area contributed by atoms with Gasteiger partial charge in [-0.3, -0.25) is 9.69 Å². The first-order valence-corrected chi connectivity index (χ1v) is 9.28. The van der Waals surface area contributed by atoms with Crippen LogP contribution in [-0.2, 0) is 4.79 Å². The Hall–Kier alpha value is -2.52. The maximum atomic E-state index is 13.4. The number of aromatic amines is 1. The number of benzene rings is 1. The average Bonchev–Trinajstić information content (AvgIpc) is 3.05. The molecular formula is C18H17BrFN5O2. The first-order chi connectivity index (χ1) is 13.0. The van der Waals surface area contributed by atoms with Crippen LogP contribution in [0.5, 0.6) is 0 Å². The fourth-order valence-electron chi connectivity index (χ4n) is 3.48. The van der Waals surface area contributed by atoms with Crippen LogP contribution in [-0.4, -0.2) is 57.1 Å². The molecule has 3 aromatic rings. The first kappa shape index (κ1) is 17.9. The third kappa shape index (κ3) is 3.52. The Balaban J connectivity index is 1.55. The number of carboxylic acid groups (broad SMARTS) is 1. The van der Waals surface area contributed by atoms with E-state index in [0.29, 0.717) is 43.2 Å². The Labute approximate surface area is 163 Å². The van der Waals surface area contributed by atoms with Crippen LogP contribution < -0.4 is 4.90 Å². The van der Waals surface area contributed by atoms with E-state index in [-0.39, 0.29) is 5.82 Å². The fourth-order valence-corrected chi connectivity index (χ4v) is 3.69. The summed E-state index contributed by atoms with van der Waals surface area (Å²) in [5.41, 5.74) is 1.24. The number of hydrogen-bond donors (Lipinski definition) is 2. The Morgan fingerprint density at radius 1 is 1.22 bits per heavy atom. The summed E-state index contributed by atoms with van der Waals surface area (Å²) in [6.07, 6.45) is 5.05. The molecule has 7 nitrogen and oxygen atoms in total. The summed E-state index contributed by atoms with van der Waals surface area (Å²) in [5, 5.41) is 10.6. The molecule has 2 aromatic heterocycles. The fraction of sp³-hybridized carbons (Fsp3) is 0.278. The summed E-state index contributed by atoms with van der Waals surface area (Å²) >= 11 is 3.32. The van der Waals surface area contributed by atoms with Crippen LogP contribution >= 0.6 is 15.9 Å². The highest BCUT2D eigenvalue weighted by Gasteiger charge is 2.32. The van der Waals surface area contributed by atoms with Crippen molar-refractivity contribution < 1.29 is 14.3 Å². The average molecular weight is 434 g/mol. The highest BCUT2D eigenvalue weighted by molar-refractivity contribution is 9.10. The van der Waals surface area contributed by atoms with Gasteiger partial charge < -0.3 is 15.0 Å².